The van der Waals surface area contributed by atoms with E-state index in [2.05, 4.69) is 5.32 Å². The zero-order valence-electron chi connectivity index (χ0n) is 19.5. The van der Waals surface area contributed by atoms with Crippen molar-refractivity contribution in [2.24, 2.45) is 11.3 Å². The highest BCUT2D eigenvalue weighted by Crippen LogP contribution is 2.46. The molecule has 2 amide bonds. The Morgan fingerprint density at radius 3 is 2.34 bits per heavy atom. The van der Waals surface area contributed by atoms with Crippen LogP contribution in [0.3, 0.4) is 0 Å². The van der Waals surface area contributed by atoms with Crippen molar-refractivity contribution in [1.29, 1.82) is 0 Å². The van der Waals surface area contributed by atoms with Gasteiger partial charge in [-0.2, -0.15) is 0 Å². The second-order valence-corrected chi connectivity index (χ2v) is 10.3. The highest BCUT2D eigenvalue weighted by molar-refractivity contribution is 6.30. The largest absolute Gasteiger partial charge is 0.384 e. The molecule has 32 heavy (non-hydrogen) atoms. The van der Waals surface area contributed by atoms with E-state index in [0.717, 1.165) is 11.1 Å². The van der Waals surface area contributed by atoms with Crippen LogP contribution in [0.25, 0.3) is 0 Å². The van der Waals surface area contributed by atoms with Crippen LogP contribution in [0.2, 0.25) is 5.02 Å². The molecule has 0 saturated carbocycles. The third-order valence-corrected chi connectivity index (χ3v) is 6.83. The molecule has 1 heterocycles. The monoisotopic (exact) mass is 456 g/mol. The third kappa shape index (κ3) is 4.84. The molecule has 1 fully saturated rings. The molecule has 0 unspecified atom stereocenters. The molecule has 2 atom stereocenters. The van der Waals surface area contributed by atoms with Crippen molar-refractivity contribution >= 4 is 23.4 Å². The minimum Gasteiger partial charge on any atom is -0.384 e. The predicted octanol–water partition coefficient (Wildman–Crippen LogP) is 4.55. The van der Waals surface area contributed by atoms with E-state index in [4.69, 9.17) is 11.6 Å². The summed E-state index contributed by atoms with van der Waals surface area (Å²) >= 11 is 6.02. The Balaban J connectivity index is 1.77. The molecular formula is C26H33ClN2O3. The van der Waals surface area contributed by atoms with E-state index >= 15 is 0 Å². The highest BCUT2D eigenvalue weighted by Gasteiger charge is 2.50. The van der Waals surface area contributed by atoms with Crippen molar-refractivity contribution in [2.75, 3.05) is 13.1 Å². The lowest BCUT2D eigenvalue weighted by molar-refractivity contribution is -0.155. The number of hydrogen-bond acceptors (Lipinski definition) is 3. The average molecular weight is 457 g/mol. The van der Waals surface area contributed by atoms with E-state index in [-0.39, 0.29) is 17.7 Å². The van der Waals surface area contributed by atoms with E-state index < -0.39 is 17.1 Å². The molecule has 0 aliphatic carbocycles. The first-order valence-corrected chi connectivity index (χ1v) is 11.5. The summed E-state index contributed by atoms with van der Waals surface area (Å²) in [5.74, 6) is -0.446. The number of aliphatic hydroxyl groups is 1. The van der Waals surface area contributed by atoms with Crippen molar-refractivity contribution in [3.63, 3.8) is 0 Å². The third-order valence-electron chi connectivity index (χ3n) is 6.58. The van der Waals surface area contributed by atoms with Gasteiger partial charge in [0.05, 0.1) is 5.60 Å². The predicted molar refractivity (Wildman–Crippen MR) is 128 cm³/mol. The van der Waals surface area contributed by atoms with Crippen LogP contribution in [-0.2, 0) is 10.4 Å². The van der Waals surface area contributed by atoms with Crippen LogP contribution in [0.1, 0.15) is 55.6 Å². The Hall–Kier alpha value is -2.37. The first-order chi connectivity index (χ1) is 14.9. The van der Waals surface area contributed by atoms with Crippen LogP contribution in [0, 0.1) is 18.3 Å². The molecule has 0 spiro atoms. The fraction of sp³-hybridized carbons (Fsp3) is 0.462. The van der Waals surface area contributed by atoms with Crippen molar-refractivity contribution in [3.8, 4) is 0 Å². The van der Waals surface area contributed by atoms with E-state index in [1.165, 1.54) is 0 Å². The zero-order chi connectivity index (χ0) is 23.7. The number of nitrogens with one attached hydrogen (secondary N) is 1. The fourth-order valence-corrected chi connectivity index (χ4v) is 4.62. The molecule has 2 aromatic rings. The van der Waals surface area contributed by atoms with Gasteiger partial charge in [-0.25, -0.2) is 0 Å². The molecule has 172 valence electrons. The number of nitrogens with zero attached hydrogens (tertiary/aromatic N) is 1. The molecule has 0 bridgehead atoms. The Morgan fingerprint density at radius 1 is 1.12 bits per heavy atom. The van der Waals surface area contributed by atoms with E-state index in [1.807, 2.05) is 65.0 Å². The Kier molecular flexibility index (Phi) is 7.01. The van der Waals surface area contributed by atoms with Crippen molar-refractivity contribution in [2.45, 2.75) is 52.7 Å². The summed E-state index contributed by atoms with van der Waals surface area (Å²) in [4.78, 5) is 28.0. The van der Waals surface area contributed by atoms with Gasteiger partial charge in [-0.3, -0.25) is 9.59 Å². The SMILES string of the molecule is Cc1cccc(C(=O)N[C@@H](C(=O)N2CC[C@](O)(c3ccc(Cl)cc3)C(C)(C)C2)C(C)C)c1. The van der Waals surface area contributed by atoms with Crippen LogP contribution in [0.4, 0.5) is 0 Å². The van der Waals surface area contributed by atoms with Gasteiger partial charge in [0.15, 0.2) is 0 Å². The fourth-order valence-electron chi connectivity index (χ4n) is 4.49. The standard InChI is InChI=1S/C26H33ClN2O3/c1-17(2)22(28-23(30)19-8-6-7-18(3)15-19)24(31)29-14-13-26(32,25(4,5)16-29)20-9-11-21(27)12-10-20/h6-12,15,17,22,32H,13-14,16H2,1-5H3,(H,28,30)/t22-,26+/m1/s1. The molecule has 1 aliphatic rings. The number of carbonyl (C=O) groups is 2. The van der Waals surface area contributed by atoms with Crippen molar-refractivity contribution in [1.82, 2.24) is 10.2 Å². The summed E-state index contributed by atoms with van der Waals surface area (Å²) < 4.78 is 0. The second-order valence-electron chi connectivity index (χ2n) is 9.83. The summed E-state index contributed by atoms with van der Waals surface area (Å²) in [6.45, 7) is 10.5. The summed E-state index contributed by atoms with van der Waals surface area (Å²) in [5, 5.41) is 15.1. The number of rotatable bonds is 5. The maximum Gasteiger partial charge on any atom is 0.251 e. The minimum atomic E-state index is -1.08. The van der Waals surface area contributed by atoms with Gasteiger partial charge in [-0.15, -0.1) is 0 Å². The molecule has 3 rings (SSSR count). The number of piperidine rings is 1. The number of carbonyl (C=O) groups excluding carboxylic acids is 2. The van der Waals surface area contributed by atoms with E-state index in [9.17, 15) is 14.7 Å². The van der Waals surface area contributed by atoms with Crippen molar-refractivity contribution in [3.05, 3.63) is 70.2 Å². The normalized spacial score (nSPS) is 21.3. The highest BCUT2D eigenvalue weighted by atomic mass is 35.5. The van der Waals surface area contributed by atoms with Crippen LogP contribution in [-0.4, -0.2) is 41.0 Å². The van der Waals surface area contributed by atoms with E-state index in [0.29, 0.717) is 30.1 Å². The van der Waals surface area contributed by atoms with Crippen LogP contribution in [0.15, 0.2) is 48.5 Å². The van der Waals surface area contributed by atoms with Crippen LogP contribution in [0.5, 0.6) is 0 Å². The molecule has 1 saturated heterocycles. The molecule has 0 aromatic heterocycles. The van der Waals surface area contributed by atoms with Gasteiger partial charge < -0.3 is 15.3 Å². The number of hydrogen-bond donors (Lipinski definition) is 2. The summed E-state index contributed by atoms with van der Waals surface area (Å²) in [7, 11) is 0. The lowest BCUT2D eigenvalue weighted by Gasteiger charge is -2.51. The lowest BCUT2D eigenvalue weighted by Crippen LogP contribution is -2.60. The molecule has 1 aliphatic heterocycles. The van der Waals surface area contributed by atoms with Crippen LogP contribution >= 0.6 is 11.6 Å². The van der Waals surface area contributed by atoms with Gasteiger partial charge >= 0.3 is 0 Å². The Labute approximate surface area is 195 Å². The number of halogens is 1. The van der Waals surface area contributed by atoms with Crippen LogP contribution < -0.4 is 5.32 Å². The molecule has 6 heteroatoms. The molecular weight excluding hydrogens is 424 g/mol. The van der Waals surface area contributed by atoms with Gasteiger partial charge in [-0.05, 0) is 49.1 Å². The molecule has 2 aromatic carbocycles. The number of aryl methyl sites for hydroxylation is 1. The summed E-state index contributed by atoms with van der Waals surface area (Å²) in [6.07, 6.45) is 0.407. The number of benzene rings is 2. The Bertz CT molecular complexity index is 987. The minimum absolute atomic E-state index is 0.0727. The van der Waals surface area contributed by atoms with Gasteiger partial charge in [0.1, 0.15) is 6.04 Å². The average Bonchev–Trinajstić information content (AvgIpc) is 2.73. The molecule has 2 N–H and O–H groups in total. The molecule has 5 nitrogen and oxygen atoms in total. The molecule has 0 radical (unpaired) electrons. The van der Waals surface area contributed by atoms with Gasteiger partial charge in [0.2, 0.25) is 5.91 Å². The smallest absolute Gasteiger partial charge is 0.251 e. The quantitative estimate of drug-likeness (QED) is 0.693. The summed E-state index contributed by atoms with van der Waals surface area (Å²) in [6, 6.07) is 13.9. The second kappa shape index (κ2) is 9.24. The maximum absolute atomic E-state index is 13.5. The first-order valence-electron chi connectivity index (χ1n) is 11.1. The summed E-state index contributed by atoms with van der Waals surface area (Å²) in [5.41, 5.74) is 0.666. The lowest BCUT2D eigenvalue weighted by atomic mass is 9.66. The first kappa shape index (κ1) is 24.3. The maximum atomic E-state index is 13.5. The van der Waals surface area contributed by atoms with E-state index in [1.54, 1.807) is 23.1 Å². The van der Waals surface area contributed by atoms with Gasteiger partial charge in [0.25, 0.3) is 5.91 Å². The zero-order valence-corrected chi connectivity index (χ0v) is 20.2. The topological polar surface area (TPSA) is 69.6 Å². The Morgan fingerprint density at radius 2 is 1.78 bits per heavy atom. The number of likely N-dealkylation sites (tertiary alicyclic amines) is 1. The van der Waals surface area contributed by atoms with Gasteiger partial charge in [0, 0.05) is 29.1 Å². The van der Waals surface area contributed by atoms with Crippen molar-refractivity contribution < 1.29 is 14.7 Å². The van der Waals surface area contributed by atoms with Gasteiger partial charge in [-0.1, -0.05) is 69.1 Å². The number of amides is 2.